The van der Waals surface area contributed by atoms with Crippen LogP contribution in [0.2, 0.25) is 0 Å². The number of carbonyl (C=O) groups is 1. The smallest absolute Gasteiger partial charge is 0.196 e. The van der Waals surface area contributed by atoms with Crippen LogP contribution < -0.4 is 0 Å². The first-order chi connectivity index (χ1) is 14.4. The molecule has 0 radical (unpaired) electrons. The summed E-state index contributed by atoms with van der Waals surface area (Å²) < 4.78 is 0. The maximum Gasteiger partial charge on any atom is 0.196 e. The van der Waals surface area contributed by atoms with E-state index >= 15 is 0 Å². The van der Waals surface area contributed by atoms with E-state index in [-0.39, 0.29) is 23.5 Å². The largest absolute Gasteiger partial charge is 0.380 e. The second-order valence-electron chi connectivity index (χ2n) is 10.5. The van der Waals surface area contributed by atoms with Gasteiger partial charge in [-0.1, -0.05) is 99.6 Å². The van der Waals surface area contributed by atoms with Gasteiger partial charge in [-0.2, -0.15) is 0 Å². The maximum absolute atomic E-state index is 13.7. The van der Waals surface area contributed by atoms with Crippen LogP contribution in [0.5, 0.6) is 0 Å². The van der Waals surface area contributed by atoms with E-state index in [0.717, 1.165) is 22.3 Å². The topological polar surface area (TPSA) is 37.3 Å². The molecule has 1 N–H and O–H groups in total. The Balaban J connectivity index is 2.68. The van der Waals surface area contributed by atoms with E-state index < -0.39 is 6.10 Å². The van der Waals surface area contributed by atoms with E-state index in [2.05, 4.69) is 87.4 Å². The Kier molecular flexibility index (Phi) is 8.27. The molecule has 0 aromatic heterocycles. The fourth-order valence-electron chi connectivity index (χ4n) is 4.25. The number of aliphatic hydroxyl groups excluding tert-OH is 1. The van der Waals surface area contributed by atoms with Crippen molar-refractivity contribution in [3.05, 3.63) is 69.3 Å². The molecular weight excluding hydrogens is 380 g/mol. The van der Waals surface area contributed by atoms with Gasteiger partial charge in [-0.15, -0.1) is 0 Å². The Morgan fingerprint density at radius 1 is 0.613 bits per heavy atom. The van der Waals surface area contributed by atoms with Crippen molar-refractivity contribution in [3.63, 3.8) is 0 Å². The molecule has 2 aromatic carbocycles. The van der Waals surface area contributed by atoms with Gasteiger partial charge in [0.2, 0.25) is 0 Å². The number of hydrogen-bond donors (Lipinski definition) is 1. The number of hydrogen-bond acceptors (Lipinski definition) is 2. The molecule has 2 nitrogen and oxygen atoms in total. The van der Waals surface area contributed by atoms with Crippen LogP contribution in [-0.4, -0.2) is 10.9 Å². The average molecular weight is 423 g/mol. The van der Waals surface area contributed by atoms with Gasteiger partial charge in [0.1, 0.15) is 6.10 Å². The van der Waals surface area contributed by atoms with Crippen LogP contribution in [0.1, 0.15) is 149 Å². The second kappa shape index (κ2) is 10.1. The van der Waals surface area contributed by atoms with Gasteiger partial charge in [0.15, 0.2) is 5.78 Å². The van der Waals surface area contributed by atoms with Gasteiger partial charge < -0.3 is 5.11 Å². The predicted octanol–water partition coefficient (Wildman–Crippen LogP) is 8.22. The number of Topliss-reactive ketones (excluding diaryl/α,β-unsaturated/α-hetero) is 1. The molecule has 1 atom stereocenters. The van der Waals surface area contributed by atoms with Crippen molar-refractivity contribution < 1.29 is 9.90 Å². The summed E-state index contributed by atoms with van der Waals surface area (Å²) in [5.41, 5.74) is 7.13. The fourth-order valence-corrected chi connectivity index (χ4v) is 4.25. The zero-order valence-corrected chi connectivity index (χ0v) is 21.2. The summed E-state index contributed by atoms with van der Waals surface area (Å²) in [7, 11) is 0. The SMILES string of the molecule is CC(C)c1ccc(C(=O)C(O)c2c(C(C)C)cc(C(C)C)cc2C(C)C)c(C(C)C)c1. The Morgan fingerprint density at radius 3 is 1.42 bits per heavy atom. The van der Waals surface area contributed by atoms with Gasteiger partial charge in [0, 0.05) is 5.56 Å². The molecule has 31 heavy (non-hydrogen) atoms. The third-order valence-electron chi connectivity index (χ3n) is 6.33. The van der Waals surface area contributed by atoms with Crippen LogP contribution in [-0.2, 0) is 0 Å². The number of rotatable bonds is 8. The van der Waals surface area contributed by atoms with Crippen molar-refractivity contribution >= 4 is 5.78 Å². The summed E-state index contributed by atoms with van der Waals surface area (Å²) in [5.74, 6) is 1.26. The first kappa shape index (κ1) is 25.3. The van der Waals surface area contributed by atoms with Crippen molar-refractivity contribution in [1.29, 1.82) is 0 Å². The van der Waals surface area contributed by atoms with Gasteiger partial charge in [0.05, 0.1) is 0 Å². The Labute approximate surface area is 190 Å². The second-order valence-corrected chi connectivity index (χ2v) is 10.5. The van der Waals surface area contributed by atoms with E-state index in [0.29, 0.717) is 17.4 Å². The molecular formula is C29H42O2. The van der Waals surface area contributed by atoms with Crippen molar-refractivity contribution in [2.45, 2.75) is 105 Å². The number of ketones is 1. The lowest BCUT2D eigenvalue weighted by atomic mass is 9.80. The van der Waals surface area contributed by atoms with Crippen LogP contribution in [0.3, 0.4) is 0 Å². The molecule has 0 spiro atoms. The summed E-state index contributed by atoms with van der Waals surface area (Å²) in [4.78, 5) is 13.7. The van der Waals surface area contributed by atoms with E-state index in [1.54, 1.807) is 0 Å². The zero-order chi connectivity index (χ0) is 23.6. The molecule has 0 aliphatic carbocycles. The Bertz CT molecular complexity index is 887. The van der Waals surface area contributed by atoms with Crippen molar-refractivity contribution in [3.8, 4) is 0 Å². The summed E-state index contributed by atoms with van der Waals surface area (Å²) in [6.45, 7) is 21.5. The molecule has 1 unspecified atom stereocenters. The highest BCUT2D eigenvalue weighted by atomic mass is 16.3. The maximum atomic E-state index is 13.7. The van der Waals surface area contributed by atoms with Gasteiger partial charge in [-0.3, -0.25) is 4.79 Å². The summed E-state index contributed by atoms with van der Waals surface area (Å²) >= 11 is 0. The first-order valence-electron chi connectivity index (χ1n) is 11.9. The molecule has 0 aliphatic heterocycles. The molecule has 2 heteroatoms. The fraction of sp³-hybridized carbons (Fsp3) is 0.552. The van der Waals surface area contributed by atoms with Crippen molar-refractivity contribution in [1.82, 2.24) is 0 Å². The van der Waals surface area contributed by atoms with Crippen LogP contribution in [0, 0.1) is 0 Å². The third kappa shape index (κ3) is 5.47. The lowest BCUT2D eigenvalue weighted by molar-refractivity contribution is 0.0742. The molecule has 0 amide bonds. The molecule has 0 saturated heterocycles. The summed E-state index contributed by atoms with van der Waals surface area (Å²) in [5, 5.41) is 11.5. The minimum atomic E-state index is -1.15. The number of benzene rings is 2. The minimum absolute atomic E-state index is 0.194. The van der Waals surface area contributed by atoms with Gasteiger partial charge in [-0.05, 0) is 63.0 Å². The summed E-state index contributed by atoms with van der Waals surface area (Å²) in [6.07, 6.45) is -1.15. The first-order valence-corrected chi connectivity index (χ1v) is 11.9. The third-order valence-corrected chi connectivity index (χ3v) is 6.33. The van der Waals surface area contributed by atoms with Crippen molar-refractivity contribution in [2.24, 2.45) is 0 Å². The highest BCUT2D eigenvalue weighted by molar-refractivity contribution is 6.01. The Morgan fingerprint density at radius 2 is 1.03 bits per heavy atom. The molecule has 2 aromatic rings. The number of aliphatic hydroxyl groups is 1. The van der Waals surface area contributed by atoms with E-state index in [1.807, 2.05) is 12.1 Å². The van der Waals surface area contributed by atoms with E-state index in [9.17, 15) is 9.90 Å². The predicted molar refractivity (Wildman–Crippen MR) is 133 cm³/mol. The minimum Gasteiger partial charge on any atom is -0.380 e. The number of carbonyl (C=O) groups excluding carboxylic acids is 1. The monoisotopic (exact) mass is 422 g/mol. The highest BCUT2D eigenvalue weighted by Crippen LogP contribution is 2.38. The normalized spacial score (nSPS) is 13.2. The molecule has 2 rings (SSSR count). The molecule has 0 fully saturated rings. The Hall–Kier alpha value is -1.93. The lowest BCUT2D eigenvalue weighted by Crippen LogP contribution is -2.20. The van der Waals surface area contributed by atoms with Gasteiger partial charge in [0.25, 0.3) is 0 Å². The molecule has 0 aliphatic rings. The van der Waals surface area contributed by atoms with Crippen LogP contribution in [0.15, 0.2) is 30.3 Å². The highest BCUT2D eigenvalue weighted by Gasteiger charge is 2.29. The molecule has 0 bridgehead atoms. The molecule has 170 valence electrons. The van der Waals surface area contributed by atoms with Crippen molar-refractivity contribution in [2.75, 3.05) is 0 Å². The van der Waals surface area contributed by atoms with E-state index in [4.69, 9.17) is 0 Å². The van der Waals surface area contributed by atoms with Crippen LogP contribution in [0.25, 0.3) is 0 Å². The van der Waals surface area contributed by atoms with Gasteiger partial charge in [-0.25, -0.2) is 0 Å². The quantitative estimate of drug-likeness (QED) is 0.435. The average Bonchev–Trinajstić information content (AvgIpc) is 2.70. The van der Waals surface area contributed by atoms with Crippen LogP contribution >= 0.6 is 0 Å². The lowest BCUT2D eigenvalue weighted by Gasteiger charge is -2.26. The van der Waals surface area contributed by atoms with E-state index in [1.165, 1.54) is 11.1 Å². The molecule has 0 heterocycles. The summed E-state index contributed by atoms with van der Waals surface area (Å²) in [6, 6.07) is 10.5. The molecule has 0 saturated carbocycles. The van der Waals surface area contributed by atoms with Crippen LogP contribution in [0.4, 0.5) is 0 Å². The van der Waals surface area contributed by atoms with Gasteiger partial charge >= 0.3 is 0 Å². The zero-order valence-electron chi connectivity index (χ0n) is 21.2. The standard InChI is InChI=1S/C29H42O2/c1-16(2)21-11-12-23(24(13-21)18(5)6)28(30)29(31)27-25(19(7)8)14-22(17(3)4)15-26(27)20(9)10/h11-20,29,31H,1-10H3.